The fourth-order valence-corrected chi connectivity index (χ4v) is 3.56. The molecular weight excluding hydrogens is 260 g/mol. The summed E-state index contributed by atoms with van der Waals surface area (Å²) >= 11 is 0. The van der Waals surface area contributed by atoms with Gasteiger partial charge in [0.25, 0.3) is 0 Å². The minimum Gasteiger partial charge on any atom is -0.395 e. The molecule has 0 aromatic rings. The molecule has 1 aliphatic rings. The zero-order valence-corrected chi connectivity index (χ0v) is 14.7. The Labute approximate surface area is 132 Å². The number of aliphatic hydroxyl groups excluding tert-OH is 1. The van der Waals surface area contributed by atoms with Crippen LogP contribution in [0.15, 0.2) is 0 Å². The molecule has 1 saturated carbocycles. The maximum absolute atomic E-state index is 9.35. The monoisotopic (exact) mass is 298 g/mol. The highest BCUT2D eigenvalue weighted by molar-refractivity contribution is 4.89. The normalized spacial score (nSPS) is 26.4. The van der Waals surface area contributed by atoms with Gasteiger partial charge in [0.05, 0.1) is 6.61 Å². The molecule has 0 aliphatic heterocycles. The van der Waals surface area contributed by atoms with Crippen LogP contribution in [0.1, 0.15) is 65.7 Å². The molecule has 0 bridgehead atoms. The lowest BCUT2D eigenvalue weighted by molar-refractivity contribution is 0.0751. The number of nitrogens with one attached hydrogen (secondary N) is 1. The van der Waals surface area contributed by atoms with Crippen LogP contribution in [-0.4, -0.2) is 49.3 Å². The Morgan fingerprint density at radius 2 is 1.86 bits per heavy atom. The molecule has 0 atom stereocenters. The number of hydrogen-bond donors (Lipinski definition) is 2. The summed E-state index contributed by atoms with van der Waals surface area (Å²) in [5, 5.41) is 13.0. The molecule has 0 heterocycles. The van der Waals surface area contributed by atoms with Crippen LogP contribution in [0.4, 0.5) is 0 Å². The molecule has 0 spiro atoms. The van der Waals surface area contributed by atoms with E-state index in [-0.39, 0.29) is 0 Å². The molecule has 3 nitrogen and oxygen atoms in total. The average Bonchev–Trinajstić information content (AvgIpc) is 2.48. The summed E-state index contributed by atoms with van der Waals surface area (Å²) in [4.78, 5) is 2.51. The topological polar surface area (TPSA) is 35.5 Å². The Hall–Kier alpha value is -0.120. The first kappa shape index (κ1) is 18.9. The smallest absolute Gasteiger partial charge is 0.0558 e. The Kier molecular flexibility index (Phi) is 9.54. The van der Waals surface area contributed by atoms with Gasteiger partial charge in [-0.3, -0.25) is 0 Å². The van der Waals surface area contributed by atoms with Crippen LogP contribution in [0.25, 0.3) is 0 Å². The lowest BCUT2D eigenvalue weighted by Gasteiger charge is -2.43. The van der Waals surface area contributed by atoms with Crippen LogP contribution in [0.3, 0.4) is 0 Å². The van der Waals surface area contributed by atoms with Crippen molar-refractivity contribution in [2.24, 2.45) is 11.3 Å². The molecule has 2 N–H and O–H groups in total. The first-order valence-corrected chi connectivity index (χ1v) is 9.19. The van der Waals surface area contributed by atoms with Crippen LogP contribution in [-0.2, 0) is 0 Å². The van der Waals surface area contributed by atoms with Gasteiger partial charge < -0.3 is 15.3 Å². The summed E-state index contributed by atoms with van der Waals surface area (Å²) in [7, 11) is 0. The van der Waals surface area contributed by atoms with Gasteiger partial charge in [0.2, 0.25) is 0 Å². The highest BCUT2D eigenvalue weighted by Crippen LogP contribution is 2.39. The van der Waals surface area contributed by atoms with Gasteiger partial charge in [-0.2, -0.15) is 0 Å². The van der Waals surface area contributed by atoms with Gasteiger partial charge in [-0.1, -0.05) is 40.0 Å². The van der Waals surface area contributed by atoms with Gasteiger partial charge in [-0.15, -0.1) is 0 Å². The van der Waals surface area contributed by atoms with E-state index in [1.807, 2.05) is 0 Å². The number of unbranched alkanes of at least 4 members (excludes halogenated alkanes) is 1. The molecule has 21 heavy (non-hydrogen) atoms. The van der Waals surface area contributed by atoms with Crippen molar-refractivity contribution in [2.75, 3.05) is 39.3 Å². The number of nitrogens with zero attached hydrogens (tertiary/aromatic N) is 1. The van der Waals surface area contributed by atoms with Crippen molar-refractivity contribution in [1.82, 2.24) is 10.2 Å². The second-order valence-electron chi connectivity index (χ2n) is 7.21. The molecule has 0 unspecified atom stereocenters. The highest BCUT2D eigenvalue weighted by atomic mass is 16.3. The second-order valence-corrected chi connectivity index (χ2v) is 7.21. The molecular formula is C18H38N2O. The Morgan fingerprint density at radius 1 is 1.14 bits per heavy atom. The fraction of sp³-hybridized carbons (Fsp3) is 1.00. The number of aliphatic hydroxyl groups is 1. The quantitative estimate of drug-likeness (QED) is 0.575. The number of hydrogen-bond acceptors (Lipinski definition) is 3. The number of rotatable bonds is 11. The van der Waals surface area contributed by atoms with Gasteiger partial charge in [0, 0.05) is 19.6 Å². The van der Waals surface area contributed by atoms with E-state index in [2.05, 4.69) is 31.0 Å². The Bertz CT molecular complexity index is 250. The first-order valence-electron chi connectivity index (χ1n) is 9.19. The maximum atomic E-state index is 9.35. The van der Waals surface area contributed by atoms with Crippen molar-refractivity contribution in [1.29, 1.82) is 0 Å². The summed E-state index contributed by atoms with van der Waals surface area (Å²) in [6.07, 6.45) is 9.12. The van der Waals surface area contributed by atoms with Gasteiger partial charge in [-0.25, -0.2) is 0 Å². The van der Waals surface area contributed by atoms with E-state index in [1.165, 1.54) is 44.9 Å². The Balaban J connectivity index is 2.60. The molecule has 0 aromatic heterocycles. The molecule has 0 aromatic carbocycles. The van der Waals surface area contributed by atoms with Gasteiger partial charge >= 0.3 is 0 Å². The second kappa shape index (κ2) is 10.6. The van der Waals surface area contributed by atoms with Gasteiger partial charge in [0.1, 0.15) is 0 Å². The van der Waals surface area contributed by atoms with Crippen molar-refractivity contribution < 1.29 is 5.11 Å². The summed E-state index contributed by atoms with van der Waals surface area (Å²) in [6.45, 7) is 12.6. The van der Waals surface area contributed by atoms with Crippen molar-refractivity contribution >= 4 is 0 Å². The van der Waals surface area contributed by atoms with Crippen molar-refractivity contribution in [3.8, 4) is 0 Å². The zero-order valence-electron chi connectivity index (χ0n) is 14.7. The SMILES string of the molecule is CCCCN(CCO)CC1(CNCCC)CCC(C)CC1. The molecule has 0 saturated heterocycles. The lowest BCUT2D eigenvalue weighted by atomic mass is 9.70. The summed E-state index contributed by atoms with van der Waals surface area (Å²) in [5.74, 6) is 0.895. The van der Waals surface area contributed by atoms with E-state index >= 15 is 0 Å². The summed E-state index contributed by atoms with van der Waals surface area (Å²) in [6, 6.07) is 0. The lowest BCUT2D eigenvalue weighted by Crippen LogP contribution is -2.47. The van der Waals surface area contributed by atoms with Crippen molar-refractivity contribution in [3.05, 3.63) is 0 Å². The Morgan fingerprint density at radius 3 is 2.43 bits per heavy atom. The van der Waals surface area contributed by atoms with Gasteiger partial charge in [0.15, 0.2) is 0 Å². The van der Waals surface area contributed by atoms with Crippen molar-refractivity contribution in [3.63, 3.8) is 0 Å². The van der Waals surface area contributed by atoms with Crippen LogP contribution >= 0.6 is 0 Å². The summed E-state index contributed by atoms with van der Waals surface area (Å²) < 4.78 is 0. The minimum atomic E-state index is 0.290. The average molecular weight is 299 g/mol. The molecule has 1 fully saturated rings. The molecule has 1 rings (SSSR count). The maximum Gasteiger partial charge on any atom is 0.0558 e. The predicted octanol–water partition coefficient (Wildman–Crippen LogP) is 3.28. The standard InChI is InChI=1S/C18H38N2O/c1-4-6-12-20(13-14-21)16-18(15-19-11-5-2)9-7-17(3)8-10-18/h17,19,21H,4-16H2,1-3H3. The van der Waals surface area contributed by atoms with E-state index in [0.717, 1.165) is 38.6 Å². The zero-order chi connectivity index (χ0) is 15.6. The third-order valence-electron chi connectivity index (χ3n) is 5.06. The van der Waals surface area contributed by atoms with E-state index < -0.39 is 0 Å². The largest absolute Gasteiger partial charge is 0.395 e. The molecule has 126 valence electrons. The first-order chi connectivity index (χ1) is 10.2. The minimum absolute atomic E-state index is 0.290. The highest BCUT2D eigenvalue weighted by Gasteiger charge is 2.35. The molecule has 3 heteroatoms. The third kappa shape index (κ3) is 7.12. The molecule has 0 radical (unpaired) electrons. The van der Waals surface area contributed by atoms with Crippen LogP contribution in [0, 0.1) is 11.3 Å². The van der Waals surface area contributed by atoms with E-state index in [4.69, 9.17) is 0 Å². The summed E-state index contributed by atoms with van der Waals surface area (Å²) in [5.41, 5.74) is 0.435. The fourth-order valence-electron chi connectivity index (χ4n) is 3.56. The van der Waals surface area contributed by atoms with Crippen LogP contribution in [0.5, 0.6) is 0 Å². The third-order valence-corrected chi connectivity index (χ3v) is 5.06. The van der Waals surface area contributed by atoms with Crippen LogP contribution in [0.2, 0.25) is 0 Å². The van der Waals surface area contributed by atoms with E-state index in [0.29, 0.717) is 12.0 Å². The van der Waals surface area contributed by atoms with Crippen molar-refractivity contribution in [2.45, 2.75) is 65.7 Å². The predicted molar refractivity (Wildman–Crippen MR) is 91.7 cm³/mol. The van der Waals surface area contributed by atoms with Gasteiger partial charge in [-0.05, 0) is 50.1 Å². The van der Waals surface area contributed by atoms with E-state index in [1.54, 1.807) is 0 Å². The molecule has 1 aliphatic carbocycles. The molecule has 0 amide bonds. The van der Waals surface area contributed by atoms with E-state index in [9.17, 15) is 5.11 Å². The van der Waals surface area contributed by atoms with Crippen LogP contribution < -0.4 is 5.32 Å².